The van der Waals surface area contributed by atoms with Gasteiger partial charge >= 0.3 is 6.09 Å². The molecule has 0 aliphatic carbocycles. The van der Waals surface area contributed by atoms with Gasteiger partial charge in [0, 0.05) is 16.6 Å². The summed E-state index contributed by atoms with van der Waals surface area (Å²) < 4.78 is 5.54. The van der Waals surface area contributed by atoms with Crippen LogP contribution in [-0.4, -0.2) is 22.8 Å². The van der Waals surface area contributed by atoms with Crippen molar-refractivity contribution in [1.82, 2.24) is 10.2 Å². The first-order valence-electron chi connectivity index (χ1n) is 9.32. The minimum Gasteiger partial charge on any atom is -0.439 e. The number of hydrogen-bond donors (Lipinski definition) is 1. The van der Waals surface area contributed by atoms with Crippen LogP contribution in [0.1, 0.15) is 11.7 Å². The Morgan fingerprint density at radius 2 is 1.55 bits per heavy atom. The lowest BCUT2D eigenvalue weighted by molar-refractivity contribution is 0.142. The first kappa shape index (κ1) is 17.2. The van der Waals surface area contributed by atoms with Crippen molar-refractivity contribution in [1.29, 1.82) is 0 Å². The van der Waals surface area contributed by atoms with Crippen molar-refractivity contribution < 1.29 is 9.53 Å². The van der Waals surface area contributed by atoms with Gasteiger partial charge in [-0.05, 0) is 23.8 Å². The average molecular weight is 383 g/mol. The Balaban J connectivity index is 1.45. The van der Waals surface area contributed by atoms with Crippen molar-refractivity contribution in [3.05, 3.63) is 94.8 Å². The maximum atomic E-state index is 12.4. The molecule has 142 valence electrons. The molecule has 4 aromatic rings. The summed E-state index contributed by atoms with van der Waals surface area (Å²) in [6.45, 7) is 0.460. The van der Waals surface area contributed by atoms with Crippen molar-refractivity contribution >= 4 is 22.6 Å². The third-order valence-electron chi connectivity index (χ3n) is 5.13. The molecular weight excluding hydrogens is 366 g/mol. The van der Waals surface area contributed by atoms with Gasteiger partial charge in [0.1, 0.15) is 6.10 Å². The minimum absolute atomic E-state index is 0.215. The van der Waals surface area contributed by atoms with Crippen molar-refractivity contribution in [3.63, 3.8) is 0 Å². The summed E-state index contributed by atoms with van der Waals surface area (Å²) in [5, 5.41) is 8.16. The molecule has 0 radical (unpaired) electrons. The number of cyclic esters (lactones) is 1. The Labute approximate surface area is 166 Å². The van der Waals surface area contributed by atoms with Crippen LogP contribution >= 0.6 is 0 Å². The number of carbonyl (C=O) groups excluding carboxylic acids is 1. The van der Waals surface area contributed by atoms with Crippen LogP contribution in [0.5, 0.6) is 0 Å². The number of aromatic nitrogens is 2. The average Bonchev–Trinajstić information content (AvgIpc) is 3.17. The zero-order chi connectivity index (χ0) is 19.8. The molecule has 1 atom stereocenters. The van der Waals surface area contributed by atoms with Crippen LogP contribution in [0.3, 0.4) is 0 Å². The van der Waals surface area contributed by atoms with Gasteiger partial charge in [-0.15, -0.1) is 0 Å². The summed E-state index contributed by atoms with van der Waals surface area (Å²) in [6.07, 6.45) is -0.646. The molecule has 1 aliphatic rings. The van der Waals surface area contributed by atoms with Crippen molar-refractivity contribution in [2.75, 3.05) is 11.4 Å². The van der Waals surface area contributed by atoms with Crippen LogP contribution in [0.25, 0.3) is 22.0 Å². The molecule has 1 aromatic heterocycles. The van der Waals surface area contributed by atoms with E-state index in [1.807, 2.05) is 72.8 Å². The van der Waals surface area contributed by atoms with Gasteiger partial charge in [-0.1, -0.05) is 60.7 Å². The fourth-order valence-electron chi connectivity index (χ4n) is 3.65. The standard InChI is InChI=1S/C23H17N3O3/c27-22-19-9-5-4-8-18(19)21(24-25-22)16-10-12-17(13-11-16)26-14-20(29-23(26)28)15-6-2-1-3-7-15/h1-13,20H,14H2,(H,25,27). The number of aromatic amines is 1. The number of benzene rings is 3. The number of anilines is 1. The molecule has 6 nitrogen and oxygen atoms in total. The molecule has 29 heavy (non-hydrogen) atoms. The molecule has 5 rings (SSSR count). The SMILES string of the molecule is O=C1OC(c2ccccc2)CN1c1ccc(-c2n[nH]c(=O)c3ccccc23)cc1. The largest absolute Gasteiger partial charge is 0.439 e. The van der Waals surface area contributed by atoms with Crippen molar-refractivity contribution in [3.8, 4) is 11.3 Å². The second kappa shape index (κ2) is 6.91. The van der Waals surface area contributed by atoms with E-state index in [9.17, 15) is 9.59 Å². The quantitative estimate of drug-likeness (QED) is 0.573. The molecule has 0 spiro atoms. The summed E-state index contributed by atoms with van der Waals surface area (Å²) >= 11 is 0. The van der Waals surface area contributed by atoms with Gasteiger partial charge < -0.3 is 4.74 Å². The van der Waals surface area contributed by atoms with Gasteiger partial charge in [0.15, 0.2) is 0 Å². The van der Waals surface area contributed by atoms with Crippen LogP contribution < -0.4 is 10.5 Å². The van der Waals surface area contributed by atoms with Gasteiger partial charge in [-0.25, -0.2) is 9.89 Å². The normalized spacial score (nSPS) is 16.2. The van der Waals surface area contributed by atoms with Crippen molar-refractivity contribution in [2.45, 2.75) is 6.10 Å². The predicted octanol–water partition coefficient (Wildman–Crippen LogP) is 4.29. The molecule has 0 bridgehead atoms. The molecule has 1 aliphatic heterocycles. The highest BCUT2D eigenvalue weighted by Crippen LogP contribution is 2.32. The van der Waals surface area contributed by atoms with E-state index >= 15 is 0 Å². The maximum Gasteiger partial charge on any atom is 0.415 e. The van der Waals surface area contributed by atoms with Crippen LogP contribution in [0.4, 0.5) is 10.5 Å². The zero-order valence-corrected chi connectivity index (χ0v) is 15.4. The Morgan fingerprint density at radius 1 is 0.862 bits per heavy atom. The van der Waals surface area contributed by atoms with E-state index in [1.54, 1.807) is 11.0 Å². The van der Waals surface area contributed by atoms with E-state index in [4.69, 9.17) is 4.74 Å². The lowest BCUT2D eigenvalue weighted by atomic mass is 10.0. The number of ether oxygens (including phenoxy) is 1. The molecule has 0 saturated carbocycles. The summed E-state index contributed by atoms with van der Waals surface area (Å²) in [5.74, 6) is 0. The van der Waals surface area contributed by atoms with Crippen LogP contribution in [0.2, 0.25) is 0 Å². The number of carbonyl (C=O) groups is 1. The summed E-state index contributed by atoms with van der Waals surface area (Å²) in [7, 11) is 0. The number of H-pyrrole nitrogens is 1. The Bertz CT molecular complexity index is 1250. The highest BCUT2D eigenvalue weighted by molar-refractivity contribution is 5.94. The Morgan fingerprint density at radius 3 is 2.31 bits per heavy atom. The summed E-state index contributed by atoms with van der Waals surface area (Å²) in [6, 6.07) is 24.6. The number of amides is 1. The van der Waals surface area contributed by atoms with E-state index < -0.39 is 0 Å². The third-order valence-corrected chi connectivity index (χ3v) is 5.13. The zero-order valence-electron chi connectivity index (χ0n) is 15.4. The monoisotopic (exact) mass is 383 g/mol. The smallest absolute Gasteiger partial charge is 0.415 e. The number of nitrogens with zero attached hydrogens (tertiary/aromatic N) is 2. The number of rotatable bonds is 3. The predicted molar refractivity (Wildman–Crippen MR) is 111 cm³/mol. The van der Waals surface area contributed by atoms with Gasteiger partial charge in [0.25, 0.3) is 5.56 Å². The second-order valence-corrected chi connectivity index (χ2v) is 6.89. The lowest BCUT2D eigenvalue weighted by Gasteiger charge is -2.14. The third kappa shape index (κ3) is 3.04. The summed E-state index contributed by atoms with van der Waals surface area (Å²) in [5.41, 5.74) is 3.06. The van der Waals surface area contributed by atoms with Gasteiger partial charge in [0.2, 0.25) is 0 Å². The van der Waals surface area contributed by atoms with E-state index in [0.29, 0.717) is 17.6 Å². The molecule has 1 saturated heterocycles. The first-order valence-corrected chi connectivity index (χ1v) is 9.32. The molecule has 1 N–H and O–H groups in total. The lowest BCUT2D eigenvalue weighted by Crippen LogP contribution is -2.23. The van der Waals surface area contributed by atoms with Crippen LogP contribution in [-0.2, 0) is 4.74 Å². The summed E-state index contributed by atoms with van der Waals surface area (Å²) in [4.78, 5) is 26.0. The van der Waals surface area contributed by atoms with Gasteiger partial charge in [0.05, 0.1) is 17.6 Å². The van der Waals surface area contributed by atoms with E-state index in [-0.39, 0.29) is 17.8 Å². The number of hydrogen-bond acceptors (Lipinski definition) is 4. The highest BCUT2D eigenvalue weighted by Gasteiger charge is 2.33. The Hall–Kier alpha value is -3.93. The fourth-order valence-corrected chi connectivity index (χ4v) is 3.65. The first-order chi connectivity index (χ1) is 14.2. The minimum atomic E-state index is -0.362. The van der Waals surface area contributed by atoms with Crippen LogP contribution in [0, 0.1) is 0 Å². The number of nitrogens with one attached hydrogen (secondary N) is 1. The molecule has 1 unspecified atom stereocenters. The topological polar surface area (TPSA) is 75.3 Å². The number of fused-ring (bicyclic) bond motifs is 1. The molecule has 1 fully saturated rings. The van der Waals surface area contributed by atoms with E-state index in [0.717, 1.165) is 22.2 Å². The Kier molecular flexibility index (Phi) is 4.09. The van der Waals surface area contributed by atoms with Crippen molar-refractivity contribution in [2.24, 2.45) is 0 Å². The van der Waals surface area contributed by atoms with Gasteiger partial charge in [-0.2, -0.15) is 5.10 Å². The van der Waals surface area contributed by atoms with Crippen LogP contribution in [0.15, 0.2) is 83.7 Å². The molecule has 3 aromatic carbocycles. The van der Waals surface area contributed by atoms with E-state index in [2.05, 4.69) is 10.2 Å². The molecule has 1 amide bonds. The van der Waals surface area contributed by atoms with E-state index in [1.165, 1.54) is 0 Å². The second-order valence-electron chi connectivity index (χ2n) is 6.89. The highest BCUT2D eigenvalue weighted by atomic mass is 16.6. The van der Waals surface area contributed by atoms with Gasteiger partial charge in [-0.3, -0.25) is 9.69 Å². The molecule has 6 heteroatoms. The fraction of sp³-hybridized carbons (Fsp3) is 0.0870. The molecular formula is C23H17N3O3. The molecule has 2 heterocycles. The maximum absolute atomic E-state index is 12.4.